The molecule has 0 bridgehead atoms. The molecule has 5 nitrogen and oxygen atoms in total. The summed E-state index contributed by atoms with van der Waals surface area (Å²) in [6.07, 6.45) is 0.313. The van der Waals surface area contributed by atoms with Crippen molar-refractivity contribution in [1.29, 1.82) is 0 Å². The van der Waals surface area contributed by atoms with Gasteiger partial charge in [0.05, 0.1) is 6.42 Å². The highest BCUT2D eigenvalue weighted by molar-refractivity contribution is 7.80. The average molecular weight is 446 g/mol. The first kappa shape index (κ1) is 23.2. The first-order chi connectivity index (χ1) is 15.2. The van der Waals surface area contributed by atoms with E-state index in [1.165, 1.54) is 0 Å². The van der Waals surface area contributed by atoms with E-state index in [0.29, 0.717) is 23.4 Å². The van der Waals surface area contributed by atoms with Gasteiger partial charge in [-0.1, -0.05) is 63.2 Å². The molecule has 0 atom stereocenters. The van der Waals surface area contributed by atoms with Gasteiger partial charge in [-0.05, 0) is 65.2 Å². The predicted octanol–water partition coefficient (Wildman–Crippen LogP) is 5.29. The second kappa shape index (κ2) is 10.2. The molecule has 3 rings (SSSR count). The van der Waals surface area contributed by atoms with Crippen molar-refractivity contribution in [3.63, 3.8) is 0 Å². The molecule has 3 aromatic carbocycles. The SMILES string of the molecule is CC(C)(C)c1ccc(C(=O)NC(=S)Nc2ccc(NC(=O)Cc3ccccc3)cc2)cc1. The fraction of sp³-hybridized carbons (Fsp3) is 0.192. The fourth-order valence-corrected chi connectivity index (χ4v) is 3.29. The molecule has 2 amide bonds. The molecular formula is C26H27N3O2S. The van der Waals surface area contributed by atoms with Crippen LogP contribution in [0.5, 0.6) is 0 Å². The topological polar surface area (TPSA) is 70.2 Å². The summed E-state index contributed by atoms with van der Waals surface area (Å²) in [5, 5.41) is 8.75. The van der Waals surface area contributed by atoms with Crippen molar-refractivity contribution in [2.24, 2.45) is 0 Å². The van der Waals surface area contributed by atoms with Gasteiger partial charge in [0.2, 0.25) is 5.91 Å². The van der Waals surface area contributed by atoms with Crippen LogP contribution in [0.3, 0.4) is 0 Å². The van der Waals surface area contributed by atoms with Gasteiger partial charge in [0.15, 0.2) is 5.11 Å². The molecule has 3 aromatic rings. The van der Waals surface area contributed by atoms with Gasteiger partial charge in [0.1, 0.15) is 0 Å². The van der Waals surface area contributed by atoms with E-state index < -0.39 is 0 Å². The van der Waals surface area contributed by atoms with Crippen LogP contribution in [-0.2, 0) is 16.6 Å². The van der Waals surface area contributed by atoms with Gasteiger partial charge < -0.3 is 10.6 Å². The quantitative estimate of drug-likeness (QED) is 0.467. The van der Waals surface area contributed by atoms with E-state index in [4.69, 9.17) is 12.2 Å². The molecule has 0 saturated heterocycles. The van der Waals surface area contributed by atoms with Crippen LogP contribution in [0.4, 0.5) is 11.4 Å². The fourth-order valence-electron chi connectivity index (χ4n) is 3.08. The number of anilines is 2. The molecule has 6 heteroatoms. The molecule has 0 aromatic heterocycles. The summed E-state index contributed by atoms with van der Waals surface area (Å²) in [7, 11) is 0. The number of amides is 2. The predicted molar refractivity (Wildman–Crippen MR) is 134 cm³/mol. The van der Waals surface area contributed by atoms with Crippen molar-refractivity contribution in [1.82, 2.24) is 5.32 Å². The van der Waals surface area contributed by atoms with Gasteiger partial charge in [0, 0.05) is 16.9 Å². The molecule has 0 aliphatic rings. The van der Waals surface area contributed by atoms with Crippen LogP contribution >= 0.6 is 12.2 Å². The highest BCUT2D eigenvalue weighted by atomic mass is 32.1. The third-order valence-corrected chi connectivity index (χ3v) is 5.08. The van der Waals surface area contributed by atoms with E-state index in [1.54, 1.807) is 36.4 Å². The van der Waals surface area contributed by atoms with Crippen molar-refractivity contribution < 1.29 is 9.59 Å². The molecule has 0 heterocycles. The minimum atomic E-state index is -0.271. The molecule has 0 radical (unpaired) electrons. The number of benzene rings is 3. The molecular weight excluding hydrogens is 418 g/mol. The number of carbonyl (C=O) groups excluding carboxylic acids is 2. The number of thiocarbonyl (C=S) groups is 1. The zero-order valence-corrected chi connectivity index (χ0v) is 19.3. The van der Waals surface area contributed by atoms with Gasteiger partial charge in [-0.15, -0.1) is 0 Å². The maximum atomic E-state index is 12.4. The number of hydrogen-bond donors (Lipinski definition) is 3. The molecule has 3 N–H and O–H groups in total. The third kappa shape index (κ3) is 6.75. The van der Waals surface area contributed by atoms with Crippen LogP contribution in [-0.4, -0.2) is 16.9 Å². The summed E-state index contributed by atoms with van der Waals surface area (Å²) in [4.78, 5) is 24.6. The minimum Gasteiger partial charge on any atom is -0.332 e. The summed E-state index contributed by atoms with van der Waals surface area (Å²) in [5.41, 5.74) is 4.07. The molecule has 32 heavy (non-hydrogen) atoms. The first-order valence-corrected chi connectivity index (χ1v) is 10.8. The Morgan fingerprint density at radius 3 is 1.91 bits per heavy atom. The Morgan fingerprint density at radius 2 is 1.34 bits per heavy atom. The summed E-state index contributed by atoms with van der Waals surface area (Å²) in [6, 6.07) is 24.2. The normalized spacial score (nSPS) is 10.8. The van der Waals surface area contributed by atoms with Crippen molar-refractivity contribution in [3.8, 4) is 0 Å². The molecule has 0 aliphatic carbocycles. The van der Waals surface area contributed by atoms with Gasteiger partial charge in [-0.2, -0.15) is 0 Å². The van der Waals surface area contributed by atoms with Crippen LogP contribution in [0.25, 0.3) is 0 Å². The summed E-state index contributed by atoms with van der Waals surface area (Å²) >= 11 is 5.26. The van der Waals surface area contributed by atoms with Crippen LogP contribution in [0.15, 0.2) is 78.9 Å². The van der Waals surface area contributed by atoms with E-state index in [-0.39, 0.29) is 22.3 Å². The number of nitrogens with one attached hydrogen (secondary N) is 3. The molecule has 0 saturated carbocycles. The van der Waals surface area contributed by atoms with Crippen LogP contribution < -0.4 is 16.0 Å². The van der Waals surface area contributed by atoms with Gasteiger partial charge in [-0.25, -0.2) is 0 Å². The van der Waals surface area contributed by atoms with Crippen molar-refractivity contribution in [2.75, 3.05) is 10.6 Å². The van der Waals surface area contributed by atoms with Crippen molar-refractivity contribution in [3.05, 3.63) is 95.6 Å². The Morgan fingerprint density at radius 1 is 0.781 bits per heavy atom. The van der Waals surface area contributed by atoms with Crippen molar-refractivity contribution >= 4 is 40.5 Å². The molecule has 164 valence electrons. The molecule has 0 fully saturated rings. The lowest BCUT2D eigenvalue weighted by molar-refractivity contribution is -0.115. The second-order valence-corrected chi connectivity index (χ2v) is 8.93. The highest BCUT2D eigenvalue weighted by Gasteiger charge is 2.15. The van der Waals surface area contributed by atoms with Crippen LogP contribution in [0.1, 0.15) is 42.3 Å². The lowest BCUT2D eigenvalue weighted by Gasteiger charge is -2.19. The van der Waals surface area contributed by atoms with E-state index in [2.05, 4.69) is 36.7 Å². The Labute approximate surface area is 194 Å². The Bertz CT molecular complexity index is 1090. The van der Waals surface area contributed by atoms with Crippen molar-refractivity contribution in [2.45, 2.75) is 32.6 Å². The van der Waals surface area contributed by atoms with E-state index >= 15 is 0 Å². The molecule has 0 unspecified atom stereocenters. The van der Waals surface area contributed by atoms with Gasteiger partial charge >= 0.3 is 0 Å². The Kier molecular flexibility index (Phi) is 7.38. The summed E-state index contributed by atoms with van der Waals surface area (Å²) in [6.45, 7) is 6.38. The van der Waals surface area contributed by atoms with Crippen LogP contribution in [0, 0.1) is 0 Å². The second-order valence-electron chi connectivity index (χ2n) is 8.52. The van der Waals surface area contributed by atoms with E-state index in [9.17, 15) is 9.59 Å². The molecule has 0 aliphatic heterocycles. The van der Waals surface area contributed by atoms with Gasteiger partial charge in [-0.3, -0.25) is 14.9 Å². The lowest BCUT2D eigenvalue weighted by atomic mass is 9.87. The monoisotopic (exact) mass is 445 g/mol. The minimum absolute atomic E-state index is 0.0268. The third-order valence-electron chi connectivity index (χ3n) is 4.87. The van der Waals surface area contributed by atoms with Gasteiger partial charge in [0.25, 0.3) is 5.91 Å². The first-order valence-electron chi connectivity index (χ1n) is 10.4. The largest absolute Gasteiger partial charge is 0.332 e. The summed E-state index contributed by atoms with van der Waals surface area (Å²) < 4.78 is 0. The zero-order valence-electron chi connectivity index (χ0n) is 18.4. The maximum absolute atomic E-state index is 12.4. The average Bonchev–Trinajstić information content (AvgIpc) is 2.75. The standard InChI is InChI=1S/C26H27N3O2S/c1-26(2,3)20-11-9-19(10-12-20)24(31)29-25(32)28-22-15-13-21(14-16-22)27-23(30)17-18-7-5-4-6-8-18/h4-16H,17H2,1-3H3,(H,27,30)(H2,28,29,31,32). The Hall–Kier alpha value is -3.51. The maximum Gasteiger partial charge on any atom is 0.257 e. The number of rotatable bonds is 5. The smallest absolute Gasteiger partial charge is 0.257 e. The number of hydrogen-bond acceptors (Lipinski definition) is 3. The molecule has 0 spiro atoms. The van der Waals surface area contributed by atoms with E-state index in [1.807, 2.05) is 42.5 Å². The lowest BCUT2D eigenvalue weighted by Crippen LogP contribution is -2.34. The highest BCUT2D eigenvalue weighted by Crippen LogP contribution is 2.22. The Balaban J connectivity index is 1.51. The summed E-state index contributed by atoms with van der Waals surface area (Å²) in [5.74, 6) is -0.357. The number of carbonyl (C=O) groups is 2. The zero-order chi connectivity index (χ0) is 23.1. The van der Waals surface area contributed by atoms with E-state index in [0.717, 1.165) is 11.1 Å². The van der Waals surface area contributed by atoms with Crippen LogP contribution in [0.2, 0.25) is 0 Å².